The van der Waals surface area contributed by atoms with Gasteiger partial charge in [0.2, 0.25) is 5.88 Å². The highest BCUT2D eigenvalue weighted by atomic mass is 32.2. The quantitative estimate of drug-likeness (QED) is 0.258. The minimum atomic E-state index is -0.265. The Hall–Kier alpha value is -3.49. The number of aromatic nitrogens is 3. The molecule has 0 radical (unpaired) electrons. The molecule has 1 N–H and O–H groups in total. The zero-order valence-electron chi connectivity index (χ0n) is 18.7. The van der Waals surface area contributed by atoms with Crippen LogP contribution in [-0.4, -0.2) is 27.2 Å². The summed E-state index contributed by atoms with van der Waals surface area (Å²) in [6.07, 6.45) is 2.20. The van der Waals surface area contributed by atoms with E-state index in [1.807, 2.05) is 31.2 Å². The fourth-order valence-corrected chi connectivity index (χ4v) is 4.82. The van der Waals surface area contributed by atoms with E-state index >= 15 is 0 Å². The van der Waals surface area contributed by atoms with Crippen molar-refractivity contribution in [1.82, 2.24) is 15.0 Å². The second kappa shape index (κ2) is 9.40. The van der Waals surface area contributed by atoms with E-state index in [1.165, 1.54) is 12.1 Å². The van der Waals surface area contributed by atoms with Crippen LogP contribution in [0.4, 0.5) is 4.39 Å². The standard InChI is InChI=1S/C26H22FN3O3S/c1-15-23-21(18(13-31)12-28-15)11-22-25(33-23)29-24(17-4-3-5-20(10-17)32-2)30-26(22)34-14-16-6-8-19(27)9-7-16/h3-10,12,31H,11,13-14H2,1-2H3. The van der Waals surface area contributed by atoms with Crippen molar-refractivity contribution in [3.63, 3.8) is 0 Å². The Morgan fingerprint density at radius 2 is 1.94 bits per heavy atom. The Kier molecular flexibility index (Phi) is 6.17. The second-order valence-corrected chi connectivity index (χ2v) is 8.86. The Bertz CT molecular complexity index is 1360. The first-order chi connectivity index (χ1) is 16.6. The molecule has 0 atom stereocenters. The van der Waals surface area contributed by atoms with Crippen LogP contribution in [0.2, 0.25) is 0 Å². The summed E-state index contributed by atoms with van der Waals surface area (Å²) in [4.78, 5) is 14.0. The summed E-state index contributed by atoms with van der Waals surface area (Å²) in [5.41, 5.74) is 4.99. The molecule has 0 unspecified atom stereocenters. The van der Waals surface area contributed by atoms with Gasteiger partial charge in [-0.05, 0) is 36.8 Å². The molecule has 2 aromatic carbocycles. The highest BCUT2D eigenvalue weighted by molar-refractivity contribution is 7.98. The number of rotatable bonds is 6. The van der Waals surface area contributed by atoms with Crippen LogP contribution in [0.15, 0.2) is 59.8 Å². The van der Waals surface area contributed by atoms with E-state index < -0.39 is 0 Å². The van der Waals surface area contributed by atoms with Gasteiger partial charge in [-0.1, -0.05) is 24.3 Å². The average Bonchev–Trinajstić information content (AvgIpc) is 2.87. The number of aryl methyl sites for hydroxylation is 1. The normalized spacial score (nSPS) is 12.0. The van der Waals surface area contributed by atoms with E-state index in [2.05, 4.69) is 4.98 Å². The monoisotopic (exact) mass is 475 g/mol. The van der Waals surface area contributed by atoms with Gasteiger partial charge in [0.25, 0.3) is 0 Å². The smallest absolute Gasteiger partial charge is 0.227 e. The largest absolute Gasteiger partial charge is 0.497 e. The minimum Gasteiger partial charge on any atom is -0.497 e. The van der Waals surface area contributed by atoms with Crippen LogP contribution in [0.1, 0.15) is 27.9 Å². The number of nitrogens with zero attached hydrogens (tertiary/aromatic N) is 3. The SMILES string of the molecule is COc1cccc(-c2nc3c(c(SCc4ccc(F)cc4)n2)Cc2c(CO)cnc(C)c2O3)c1. The molecular formula is C26H22FN3O3S. The molecule has 4 aromatic rings. The van der Waals surface area contributed by atoms with Crippen molar-refractivity contribution in [3.05, 3.63) is 88.5 Å². The Morgan fingerprint density at radius 3 is 2.71 bits per heavy atom. The average molecular weight is 476 g/mol. The lowest BCUT2D eigenvalue weighted by Crippen LogP contribution is -2.13. The summed E-state index contributed by atoms with van der Waals surface area (Å²) in [7, 11) is 1.62. The van der Waals surface area contributed by atoms with Gasteiger partial charge in [0.05, 0.1) is 25.0 Å². The van der Waals surface area contributed by atoms with Crippen molar-refractivity contribution < 1.29 is 19.0 Å². The summed E-state index contributed by atoms with van der Waals surface area (Å²) in [6, 6.07) is 14.0. The van der Waals surface area contributed by atoms with Gasteiger partial charge in [-0.2, -0.15) is 4.98 Å². The molecular weight excluding hydrogens is 453 g/mol. The molecule has 0 saturated carbocycles. The van der Waals surface area contributed by atoms with Crippen molar-refractivity contribution in [2.45, 2.75) is 30.7 Å². The van der Waals surface area contributed by atoms with Gasteiger partial charge >= 0.3 is 0 Å². The lowest BCUT2D eigenvalue weighted by molar-refractivity contribution is 0.278. The number of benzene rings is 2. The fourth-order valence-electron chi connectivity index (χ4n) is 3.84. The zero-order valence-corrected chi connectivity index (χ0v) is 19.5. The molecule has 1 aliphatic heterocycles. The molecule has 3 heterocycles. The Balaban J connectivity index is 1.59. The van der Waals surface area contributed by atoms with Gasteiger partial charge in [0.15, 0.2) is 11.6 Å². The molecule has 34 heavy (non-hydrogen) atoms. The van der Waals surface area contributed by atoms with Crippen molar-refractivity contribution in [2.24, 2.45) is 0 Å². The van der Waals surface area contributed by atoms with E-state index in [9.17, 15) is 9.50 Å². The van der Waals surface area contributed by atoms with E-state index in [4.69, 9.17) is 19.4 Å². The summed E-state index contributed by atoms with van der Waals surface area (Å²) in [6.45, 7) is 1.74. The van der Waals surface area contributed by atoms with Crippen LogP contribution in [0, 0.1) is 12.7 Å². The fraction of sp³-hybridized carbons (Fsp3) is 0.192. The van der Waals surface area contributed by atoms with Crippen LogP contribution in [0.3, 0.4) is 0 Å². The highest BCUT2D eigenvalue weighted by Crippen LogP contribution is 2.43. The maximum Gasteiger partial charge on any atom is 0.227 e. The van der Waals surface area contributed by atoms with Crippen LogP contribution < -0.4 is 9.47 Å². The molecule has 2 aromatic heterocycles. The number of fused-ring (bicyclic) bond motifs is 2. The molecule has 6 nitrogen and oxygen atoms in total. The van der Waals surface area contributed by atoms with Gasteiger partial charge < -0.3 is 14.6 Å². The van der Waals surface area contributed by atoms with E-state index in [-0.39, 0.29) is 12.4 Å². The Morgan fingerprint density at radius 1 is 1.12 bits per heavy atom. The number of hydrogen-bond acceptors (Lipinski definition) is 7. The molecule has 0 aliphatic carbocycles. The molecule has 0 fully saturated rings. The van der Waals surface area contributed by atoms with Crippen LogP contribution >= 0.6 is 11.8 Å². The van der Waals surface area contributed by atoms with Crippen molar-refractivity contribution >= 4 is 11.8 Å². The van der Waals surface area contributed by atoms with Gasteiger partial charge in [0.1, 0.15) is 16.6 Å². The molecule has 0 amide bonds. The predicted molar refractivity (Wildman–Crippen MR) is 128 cm³/mol. The number of hydrogen-bond donors (Lipinski definition) is 1. The maximum atomic E-state index is 13.3. The third-order valence-electron chi connectivity index (χ3n) is 5.67. The number of aliphatic hydroxyl groups is 1. The van der Waals surface area contributed by atoms with E-state index in [0.29, 0.717) is 35.4 Å². The van der Waals surface area contributed by atoms with Gasteiger partial charge in [-0.25, -0.2) is 9.37 Å². The first-order valence-electron chi connectivity index (χ1n) is 10.7. The third kappa shape index (κ3) is 4.34. The van der Waals surface area contributed by atoms with Crippen LogP contribution in [0.5, 0.6) is 17.4 Å². The van der Waals surface area contributed by atoms with Crippen molar-refractivity contribution in [2.75, 3.05) is 7.11 Å². The molecule has 0 bridgehead atoms. The number of thioether (sulfide) groups is 1. The van der Waals surface area contributed by atoms with Gasteiger partial charge in [0, 0.05) is 35.1 Å². The number of pyridine rings is 1. The van der Waals surface area contributed by atoms with Gasteiger partial charge in [-0.3, -0.25) is 4.98 Å². The zero-order chi connectivity index (χ0) is 23.7. The lowest BCUT2D eigenvalue weighted by Gasteiger charge is -2.24. The van der Waals surface area contributed by atoms with Gasteiger partial charge in [-0.15, -0.1) is 11.8 Å². The summed E-state index contributed by atoms with van der Waals surface area (Å²) in [5.74, 6) is 2.67. The van der Waals surface area contributed by atoms with E-state index in [1.54, 1.807) is 37.2 Å². The number of halogens is 1. The number of aliphatic hydroxyl groups excluding tert-OH is 1. The Labute approximate surface area is 200 Å². The topological polar surface area (TPSA) is 77.4 Å². The second-order valence-electron chi connectivity index (χ2n) is 7.90. The van der Waals surface area contributed by atoms with E-state index in [0.717, 1.165) is 38.5 Å². The summed E-state index contributed by atoms with van der Waals surface area (Å²) < 4.78 is 25.0. The molecule has 8 heteroatoms. The van der Waals surface area contributed by atoms with Crippen LogP contribution in [-0.2, 0) is 18.8 Å². The van der Waals surface area contributed by atoms with Crippen LogP contribution in [0.25, 0.3) is 11.4 Å². The summed E-state index contributed by atoms with van der Waals surface area (Å²) in [5, 5.41) is 10.6. The lowest BCUT2D eigenvalue weighted by atomic mass is 9.99. The van der Waals surface area contributed by atoms with Crippen molar-refractivity contribution in [1.29, 1.82) is 0 Å². The predicted octanol–water partition coefficient (Wildman–Crippen LogP) is 5.48. The molecule has 172 valence electrons. The summed E-state index contributed by atoms with van der Waals surface area (Å²) >= 11 is 1.54. The first-order valence-corrected chi connectivity index (χ1v) is 11.7. The number of methoxy groups -OCH3 is 1. The molecule has 0 spiro atoms. The molecule has 0 saturated heterocycles. The maximum absolute atomic E-state index is 13.3. The minimum absolute atomic E-state index is 0.130. The first kappa shape index (κ1) is 22.3. The molecule has 5 rings (SSSR count). The number of ether oxygens (including phenoxy) is 2. The third-order valence-corrected chi connectivity index (χ3v) is 6.76. The van der Waals surface area contributed by atoms with Crippen molar-refractivity contribution in [3.8, 4) is 28.8 Å². The highest BCUT2D eigenvalue weighted by Gasteiger charge is 2.27. The molecule has 1 aliphatic rings.